The molecular weight excluding hydrogens is 401 g/mol. The molecule has 1 N–H and O–H groups in total. The highest BCUT2D eigenvalue weighted by atomic mass is 127. The van der Waals surface area contributed by atoms with Gasteiger partial charge in [-0.25, -0.2) is 4.98 Å². The number of fused-ring (bicyclic) bond motifs is 3. The second-order valence-corrected chi connectivity index (χ2v) is 6.15. The third-order valence-corrected chi connectivity index (χ3v) is 4.69. The second-order valence-electron chi connectivity index (χ2n) is 6.15. The molecule has 0 amide bonds. The lowest BCUT2D eigenvalue weighted by molar-refractivity contribution is -0.806. The van der Waals surface area contributed by atoms with Crippen LogP contribution in [0.15, 0.2) is 41.1 Å². The summed E-state index contributed by atoms with van der Waals surface area (Å²) in [5.74, 6) is 0. The first-order valence-electron chi connectivity index (χ1n) is 7.63. The summed E-state index contributed by atoms with van der Waals surface area (Å²) in [6, 6.07) is 8.46. The van der Waals surface area contributed by atoms with Crippen LogP contribution in [0.2, 0.25) is 0 Å². The molecule has 0 saturated carbocycles. The van der Waals surface area contributed by atoms with Crippen molar-refractivity contribution in [1.82, 2.24) is 9.88 Å². The van der Waals surface area contributed by atoms with Crippen molar-refractivity contribution >= 4 is 27.8 Å². The van der Waals surface area contributed by atoms with Gasteiger partial charge in [-0.3, -0.25) is 4.90 Å². The van der Waals surface area contributed by atoms with Gasteiger partial charge in [-0.15, -0.1) is 0 Å². The monoisotopic (exact) mass is 421 g/mol. The summed E-state index contributed by atoms with van der Waals surface area (Å²) in [6.45, 7) is 6.36. The van der Waals surface area contributed by atoms with E-state index in [2.05, 4.69) is 61.4 Å². The fourth-order valence-corrected chi connectivity index (χ4v) is 3.25. The maximum Gasteiger partial charge on any atom is 0.227 e. The van der Waals surface area contributed by atoms with Crippen LogP contribution in [0.5, 0.6) is 0 Å². The number of pyridine rings is 1. The number of halogens is 1. The molecule has 3 aromatic rings. The van der Waals surface area contributed by atoms with E-state index in [4.69, 9.17) is 4.42 Å². The van der Waals surface area contributed by atoms with Gasteiger partial charge in [0.25, 0.3) is 0 Å². The van der Waals surface area contributed by atoms with Crippen molar-refractivity contribution in [1.29, 1.82) is 0 Å². The Hall–Kier alpha value is -1.60. The van der Waals surface area contributed by atoms with E-state index >= 15 is 0 Å². The van der Waals surface area contributed by atoms with Crippen molar-refractivity contribution in [2.45, 2.75) is 26.9 Å². The number of aromatic nitrogens is 1. The highest BCUT2D eigenvalue weighted by molar-refractivity contribution is 6.07. The lowest BCUT2D eigenvalue weighted by Gasteiger charge is -2.22. The maximum absolute atomic E-state index is 6.16. The average molecular weight is 421 g/mol. The first kappa shape index (κ1) is 16.3. The summed E-state index contributed by atoms with van der Waals surface area (Å²) >= 11 is 0. The Morgan fingerprint density at radius 3 is 2.57 bits per heavy atom. The Kier molecular flexibility index (Phi) is 4.10. The fourth-order valence-electron chi connectivity index (χ4n) is 3.25. The molecule has 3 heterocycles. The molecule has 0 aliphatic carbocycles. The van der Waals surface area contributed by atoms with Crippen molar-refractivity contribution < 1.29 is 33.3 Å². The van der Waals surface area contributed by atoms with E-state index in [1.807, 2.05) is 13.0 Å². The molecule has 0 radical (unpaired) electrons. The van der Waals surface area contributed by atoms with Gasteiger partial charge in [-0.05, 0) is 32.0 Å². The molecule has 23 heavy (non-hydrogen) atoms. The van der Waals surface area contributed by atoms with Crippen molar-refractivity contribution in [3.05, 3.63) is 47.9 Å². The third kappa shape index (κ3) is 2.42. The molecule has 1 aliphatic heterocycles. The molecule has 5 heteroatoms. The predicted octanol–water partition coefficient (Wildman–Crippen LogP) is -0.119. The van der Waals surface area contributed by atoms with Gasteiger partial charge in [0.05, 0.1) is 6.20 Å². The van der Waals surface area contributed by atoms with Crippen LogP contribution in [0, 0.1) is 13.8 Å². The van der Waals surface area contributed by atoms with Gasteiger partial charge in [0.2, 0.25) is 5.71 Å². The van der Waals surface area contributed by atoms with E-state index in [0.29, 0.717) is 6.17 Å². The Labute approximate surface area is 152 Å². The lowest BCUT2D eigenvalue weighted by atomic mass is 10.1. The first-order valence-corrected chi connectivity index (χ1v) is 7.63. The number of quaternary nitrogens is 1. The standard InChI is InChI=1S/C18H19N3O.HI/c1-11-5-7-14-15-8-6-12(2)19-18(15)22-17(14)16(11)21-10-9-20(4)13(21)3;/h5-10,13H,1-4H3;1H/t13-;/m0./s1. The zero-order chi connectivity index (χ0) is 15.4. The number of hydrogen-bond acceptors (Lipinski definition) is 3. The molecule has 1 aliphatic rings. The topological polar surface area (TPSA) is 33.7 Å². The summed E-state index contributed by atoms with van der Waals surface area (Å²) in [5, 5.41) is 2.23. The van der Waals surface area contributed by atoms with Gasteiger partial charge in [0, 0.05) is 36.0 Å². The second kappa shape index (κ2) is 5.79. The molecule has 1 aromatic carbocycles. The number of benzene rings is 1. The molecule has 0 fully saturated rings. The van der Waals surface area contributed by atoms with E-state index in [0.717, 1.165) is 27.8 Å². The number of rotatable bonds is 1. The van der Waals surface area contributed by atoms with Crippen molar-refractivity contribution in [3.63, 3.8) is 0 Å². The van der Waals surface area contributed by atoms with E-state index < -0.39 is 0 Å². The molecule has 4 rings (SSSR count). The number of aryl methyl sites for hydroxylation is 2. The Morgan fingerprint density at radius 1 is 1.13 bits per heavy atom. The van der Waals surface area contributed by atoms with E-state index in [1.165, 1.54) is 16.2 Å². The molecule has 120 valence electrons. The zero-order valence-corrected chi connectivity index (χ0v) is 15.9. The molecule has 2 aromatic heterocycles. The van der Waals surface area contributed by atoms with Crippen LogP contribution in [0.3, 0.4) is 0 Å². The number of nitrogens with one attached hydrogen (secondary N) is 1. The average Bonchev–Trinajstić information content (AvgIpc) is 3.00. The van der Waals surface area contributed by atoms with Gasteiger partial charge in [-0.2, -0.15) is 0 Å². The van der Waals surface area contributed by atoms with Gasteiger partial charge in [0.1, 0.15) is 6.20 Å². The highest BCUT2D eigenvalue weighted by Gasteiger charge is 2.31. The van der Waals surface area contributed by atoms with E-state index in [1.54, 1.807) is 0 Å². The van der Waals surface area contributed by atoms with E-state index in [-0.39, 0.29) is 24.0 Å². The largest absolute Gasteiger partial charge is 1.00 e. The number of nitrogens with zero attached hydrogens (tertiary/aromatic N) is 2. The summed E-state index contributed by atoms with van der Waals surface area (Å²) in [6.07, 6.45) is 4.67. The highest BCUT2D eigenvalue weighted by Crippen LogP contribution is 2.33. The normalized spacial score (nSPS) is 20.4. The maximum atomic E-state index is 6.16. The molecule has 0 spiro atoms. The minimum absolute atomic E-state index is 0. The van der Waals surface area contributed by atoms with Crippen LogP contribution in [0.25, 0.3) is 22.1 Å². The molecule has 1 unspecified atom stereocenters. The Morgan fingerprint density at radius 2 is 1.87 bits per heavy atom. The summed E-state index contributed by atoms with van der Waals surface area (Å²) in [4.78, 5) is 8.07. The quantitative estimate of drug-likeness (QED) is 0.557. The minimum Gasteiger partial charge on any atom is -1.00 e. The summed E-state index contributed by atoms with van der Waals surface area (Å²) < 4.78 is 6.16. The van der Waals surface area contributed by atoms with Crippen molar-refractivity contribution in [2.75, 3.05) is 7.05 Å². The van der Waals surface area contributed by atoms with Gasteiger partial charge in [-0.1, -0.05) is 6.07 Å². The van der Waals surface area contributed by atoms with Gasteiger partial charge in [0.15, 0.2) is 17.4 Å². The third-order valence-electron chi connectivity index (χ3n) is 4.69. The molecule has 0 saturated heterocycles. The Balaban J connectivity index is 0.00000156. The van der Waals surface area contributed by atoms with Crippen LogP contribution in [-0.2, 0) is 0 Å². The lowest BCUT2D eigenvalue weighted by Crippen LogP contribution is -3.06. The minimum atomic E-state index is 0. The molecule has 2 atom stereocenters. The predicted molar refractivity (Wildman–Crippen MR) is 88.0 cm³/mol. The van der Waals surface area contributed by atoms with Crippen LogP contribution >= 0.6 is 0 Å². The zero-order valence-electron chi connectivity index (χ0n) is 13.7. The van der Waals surface area contributed by atoms with Gasteiger partial charge < -0.3 is 33.3 Å². The fraction of sp³-hybridized carbons (Fsp3) is 0.278. The van der Waals surface area contributed by atoms with Crippen molar-refractivity contribution in [2.24, 2.45) is 0 Å². The number of furan rings is 1. The SMILES string of the molecule is Cc1ccc2c(n1)oc1c([NH+]3C=CN(C)[C@@H]3C)c(C)ccc12.[I-]. The van der Waals surface area contributed by atoms with Crippen molar-refractivity contribution in [3.8, 4) is 0 Å². The summed E-state index contributed by atoms with van der Waals surface area (Å²) in [7, 11) is 2.10. The molecular formula is C18H20IN3O. The van der Waals surface area contributed by atoms with E-state index in [9.17, 15) is 0 Å². The molecule has 4 nitrogen and oxygen atoms in total. The van der Waals surface area contributed by atoms with Crippen LogP contribution in [0.1, 0.15) is 18.2 Å². The van der Waals surface area contributed by atoms with Crippen LogP contribution < -0.4 is 28.9 Å². The Bertz CT molecular complexity index is 915. The van der Waals surface area contributed by atoms with Crippen LogP contribution in [0.4, 0.5) is 5.69 Å². The molecule has 0 bridgehead atoms. The number of hydrogen-bond donors (Lipinski definition) is 1. The first-order chi connectivity index (χ1) is 10.6. The van der Waals surface area contributed by atoms with Gasteiger partial charge >= 0.3 is 0 Å². The summed E-state index contributed by atoms with van der Waals surface area (Å²) in [5.41, 5.74) is 5.11. The smallest absolute Gasteiger partial charge is 0.227 e. The van der Waals surface area contributed by atoms with Crippen LogP contribution in [-0.4, -0.2) is 23.1 Å².